The summed E-state index contributed by atoms with van der Waals surface area (Å²) >= 11 is 1.52. The summed E-state index contributed by atoms with van der Waals surface area (Å²) in [5.74, 6) is -0.312. The van der Waals surface area contributed by atoms with E-state index in [0.29, 0.717) is 19.8 Å². The molecule has 6 heteroatoms. The summed E-state index contributed by atoms with van der Waals surface area (Å²) in [6.45, 7) is 5.38. The van der Waals surface area contributed by atoms with Crippen LogP contribution in [0.1, 0.15) is 26.8 Å². The fourth-order valence-corrected chi connectivity index (χ4v) is 4.82. The monoisotopic (exact) mass is 398 g/mol. The number of hydrogen-bond acceptors (Lipinski definition) is 4. The SMILES string of the molecule is Cc1c(C(=O)NCC(c2ccc(F)cc2)N2CCOCC2)sc2ccccc12. The molecule has 28 heavy (non-hydrogen) atoms. The highest BCUT2D eigenvalue weighted by atomic mass is 32.1. The molecular formula is C22H23FN2O2S. The van der Waals surface area contributed by atoms with Gasteiger partial charge in [-0.25, -0.2) is 4.39 Å². The van der Waals surface area contributed by atoms with Crippen LogP contribution < -0.4 is 5.32 Å². The number of nitrogens with one attached hydrogen (secondary N) is 1. The lowest BCUT2D eigenvalue weighted by molar-refractivity contribution is 0.0162. The number of carbonyl (C=O) groups is 1. The highest BCUT2D eigenvalue weighted by Crippen LogP contribution is 2.30. The van der Waals surface area contributed by atoms with Crippen molar-refractivity contribution in [1.82, 2.24) is 10.2 Å². The fourth-order valence-electron chi connectivity index (χ4n) is 3.69. The summed E-state index contributed by atoms with van der Waals surface area (Å²) in [5.41, 5.74) is 2.01. The molecule has 1 unspecified atom stereocenters. The van der Waals surface area contributed by atoms with Crippen molar-refractivity contribution in [3.63, 3.8) is 0 Å². The van der Waals surface area contributed by atoms with E-state index < -0.39 is 0 Å². The number of halogens is 1. The Morgan fingerprint density at radius 1 is 1.18 bits per heavy atom. The summed E-state index contributed by atoms with van der Waals surface area (Å²) in [5, 5.41) is 4.23. The van der Waals surface area contributed by atoms with E-state index >= 15 is 0 Å². The number of ether oxygens (including phenoxy) is 1. The van der Waals surface area contributed by atoms with E-state index in [9.17, 15) is 9.18 Å². The van der Waals surface area contributed by atoms with Crippen LogP contribution in [0.25, 0.3) is 10.1 Å². The summed E-state index contributed by atoms with van der Waals surface area (Å²) in [6.07, 6.45) is 0. The Bertz CT molecular complexity index is 964. The molecule has 1 N–H and O–H groups in total. The van der Waals surface area contributed by atoms with Gasteiger partial charge in [-0.3, -0.25) is 9.69 Å². The first-order valence-electron chi connectivity index (χ1n) is 9.47. The Kier molecular flexibility index (Phi) is 5.71. The van der Waals surface area contributed by atoms with Crippen molar-refractivity contribution in [3.05, 3.63) is 70.4 Å². The van der Waals surface area contributed by atoms with Crippen LogP contribution in [0.3, 0.4) is 0 Å². The molecule has 1 aliphatic heterocycles. The van der Waals surface area contributed by atoms with Crippen LogP contribution in [0.4, 0.5) is 4.39 Å². The van der Waals surface area contributed by atoms with Gasteiger partial charge < -0.3 is 10.1 Å². The molecule has 1 aliphatic rings. The van der Waals surface area contributed by atoms with Crippen LogP contribution in [0.2, 0.25) is 0 Å². The van der Waals surface area contributed by atoms with E-state index in [1.807, 2.05) is 31.2 Å². The van der Waals surface area contributed by atoms with E-state index in [4.69, 9.17) is 4.74 Å². The number of aryl methyl sites for hydroxylation is 1. The standard InChI is InChI=1S/C22H23FN2O2S/c1-15-18-4-2-3-5-20(18)28-21(15)22(26)24-14-19(25-10-12-27-13-11-25)16-6-8-17(23)9-7-16/h2-9,19H,10-14H2,1H3,(H,24,26). The lowest BCUT2D eigenvalue weighted by Crippen LogP contribution is -2.43. The molecule has 4 rings (SSSR count). The first-order chi connectivity index (χ1) is 13.6. The van der Waals surface area contributed by atoms with Gasteiger partial charge in [0.2, 0.25) is 0 Å². The van der Waals surface area contributed by atoms with Gasteiger partial charge >= 0.3 is 0 Å². The van der Waals surface area contributed by atoms with Crippen LogP contribution in [0.5, 0.6) is 0 Å². The molecule has 0 saturated carbocycles. The van der Waals surface area contributed by atoms with Crippen LogP contribution >= 0.6 is 11.3 Å². The normalized spacial score (nSPS) is 16.2. The van der Waals surface area contributed by atoms with Gasteiger partial charge in [-0.1, -0.05) is 30.3 Å². The van der Waals surface area contributed by atoms with E-state index in [2.05, 4.69) is 10.2 Å². The van der Waals surface area contributed by atoms with Gasteiger partial charge in [0.05, 0.1) is 24.1 Å². The molecule has 0 radical (unpaired) electrons. The zero-order chi connectivity index (χ0) is 19.5. The Morgan fingerprint density at radius 3 is 2.61 bits per heavy atom. The minimum Gasteiger partial charge on any atom is -0.379 e. The average molecular weight is 399 g/mol. The van der Waals surface area contributed by atoms with Gasteiger partial charge in [-0.05, 0) is 41.6 Å². The molecule has 1 aromatic heterocycles. The minimum absolute atomic E-state index is 0.0110. The second-order valence-corrected chi connectivity index (χ2v) is 8.03. The molecule has 2 aromatic carbocycles. The molecule has 1 fully saturated rings. The molecule has 0 aliphatic carbocycles. The predicted octanol–water partition coefficient (Wildman–Crippen LogP) is 4.15. The zero-order valence-corrected chi connectivity index (χ0v) is 16.6. The second-order valence-electron chi connectivity index (χ2n) is 6.98. The molecule has 0 spiro atoms. The Balaban J connectivity index is 1.53. The molecule has 2 heterocycles. The second kappa shape index (κ2) is 8.39. The molecule has 3 aromatic rings. The van der Waals surface area contributed by atoms with Crippen molar-refractivity contribution in [1.29, 1.82) is 0 Å². The van der Waals surface area contributed by atoms with Gasteiger partial charge in [0, 0.05) is 24.3 Å². The summed E-state index contributed by atoms with van der Waals surface area (Å²) in [6, 6.07) is 14.6. The topological polar surface area (TPSA) is 41.6 Å². The zero-order valence-electron chi connectivity index (χ0n) is 15.8. The maximum Gasteiger partial charge on any atom is 0.261 e. The van der Waals surface area contributed by atoms with E-state index in [-0.39, 0.29) is 17.8 Å². The van der Waals surface area contributed by atoms with Gasteiger partial charge in [-0.2, -0.15) is 0 Å². The van der Waals surface area contributed by atoms with Crippen molar-refractivity contribution in [2.75, 3.05) is 32.8 Å². The lowest BCUT2D eigenvalue weighted by Gasteiger charge is -2.35. The maximum atomic E-state index is 13.4. The number of morpholine rings is 1. The predicted molar refractivity (Wildman–Crippen MR) is 110 cm³/mol. The number of nitrogens with zero attached hydrogens (tertiary/aromatic N) is 1. The largest absolute Gasteiger partial charge is 0.379 e. The van der Waals surface area contributed by atoms with Crippen LogP contribution in [0.15, 0.2) is 48.5 Å². The first kappa shape index (κ1) is 19.1. The Labute approximate surface area is 167 Å². The fraction of sp³-hybridized carbons (Fsp3) is 0.318. The minimum atomic E-state index is -0.255. The van der Waals surface area contributed by atoms with E-state index in [0.717, 1.165) is 39.2 Å². The molecule has 1 atom stereocenters. The smallest absolute Gasteiger partial charge is 0.261 e. The van der Waals surface area contributed by atoms with Crippen molar-refractivity contribution >= 4 is 27.3 Å². The van der Waals surface area contributed by atoms with Crippen molar-refractivity contribution in [3.8, 4) is 0 Å². The number of carbonyl (C=O) groups excluding carboxylic acids is 1. The van der Waals surface area contributed by atoms with Gasteiger partial charge in [0.25, 0.3) is 5.91 Å². The highest BCUT2D eigenvalue weighted by molar-refractivity contribution is 7.21. The van der Waals surface area contributed by atoms with Crippen molar-refractivity contribution < 1.29 is 13.9 Å². The molecule has 4 nitrogen and oxygen atoms in total. The lowest BCUT2D eigenvalue weighted by atomic mass is 10.0. The first-order valence-corrected chi connectivity index (χ1v) is 10.3. The van der Waals surface area contributed by atoms with Gasteiger partial charge in [-0.15, -0.1) is 11.3 Å². The summed E-state index contributed by atoms with van der Waals surface area (Å²) in [7, 11) is 0. The molecule has 1 saturated heterocycles. The summed E-state index contributed by atoms with van der Waals surface area (Å²) < 4.78 is 20.0. The van der Waals surface area contributed by atoms with Crippen LogP contribution in [0, 0.1) is 12.7 Å². The third kappa shape index (κ3) is 3.94. The number of hydrogen-bond donors (Lipinski definition) is 1. The Hall–Kier alpha value is -2.28. The number of benzene rings is 2. The average Bonchev–Trinajstić information content (AvgIpc) is 3.07. The molecule has 1 amide bonds. The third-order valence-corrected chi connectivity index (χ3v) is 6.52. The molecule has 146 valence electrons. The quantitative estimate of drug-likeness (QED) is 0.702. The van der Waals surface area contributed by atoms with E-state index in [1.54, 1.807) is 12.1 Å². The van der Waals surface area contributed by atoms with Crippen molar-refractivity contribution in [2.45, 2.75) is 13.0 Å². The highest BCUT2D eigenvalue weighted by Gasteiger charge is 2.24. The number of fused-ring (bicyclic) bond motifs is 1. The van der Waals surface area contributed by atoms with Crippen LogP contribution in [-0.4, -0.2) is 43.7 Å². The van der Waals surface area contributed by atoms with E-state index in [1.165, 1.54) is 23.5 Å². The molecule has 0 bridgehead atoms. The third-order valence-electron chi connectivity index (χ3n) is 5.25. The Morgan fingerprint density at radius 2 is 1.89 bits per heavy atom. The number of amides is 1. The summed E-state index contributed by atoms with van der Waals surface area (Å²) in [4.78, 5) is 15.9. The van der Waals surface area contributed by atoms with Crippen LogP contribution in [-0.2, 0) is 4.74 Å². The number of rotatable bonds is 5. The number of thiophene rings is 1. The maximum absolute atomic E-state index is 13.4. The molecular weight excluding hydrogens is 375 g/mol. The van der Waals surface area contributed by atoms with Gasteiger partial charge in [0.15, 0.2) is 0 Å². The van der Waals surface area contributed by atoms with Gasteiger partial charge in [0.1, 0.15) is 5.82 Å². The van der Waals surface area contributed by atoms with Crippen molar-refractivity contribution in [2.24, 2.45) is 0 Å².